The van der Waals surface area contributed by atoms with Crippen molar-refractivity contribution < 1.29 is 48.0 Å². The van der Waals surface area contributed by atoms with Gasteiger partial charge in [0.05, 0.1) is 0 Å². The molecular weight excluding hydrogens is 394 g/mol. The number of rotatable bonds is 1. The minimum Gasteiger partial charge on any atom is -1.00 e. The molecular formula is C17H22Cl2SiZr. The zero-order chi connectivity index (χ0) is 13.9. The topological polar surface area (TPSA) is 0 Å². The summed E-state index contributed by atoms with van der Waals surface area (Å²) in [6.45, 7) is 16.3. The Morgan fingerprint density at radius 1 is 0.905 bits per heavy atom. The Morgan fingerprint density at radius 3 is 1.62 bits per heavy atom. The van der Waals surface area contributed by atoms with E-state index in [4.69, 9.17) is 0 Å². The Balaban J connectivity index is 0.00000110. The largest absolute Gasteiger partial charge is 1.00 e. The van der Waals surface area contributed by atoms with Crippen LogP contribution in [0, 0.1) is 0 Å². The van der Waals surface area contributed by atoms with Gasteiger partial charge < -0.3 is 24.8 Å². The number of hydrogen-bond donors (Lipinski definition) is 0. The Hall–Kier alpha value is 0.380. The SMILES string of the molecule is C=C[Si]1(C)C2=C(C)C[C](=C2C)[Zr+2][C]2=C(C)C1=C(C)C2.[Cl-].[Cl-]. The van der Waals surface area contributed by atoms with E-state index in [0.29, 0.717) is 0 Å². The summed E-state index contributed by atoms with van der Waals surface area (Å²) < 4.78 is 3.69. The minimum absolute atomic E-state index is 0. The molecule has 0 atom stereocenters. The van der Waals surface area contributed by atoms with E-state index < -0.39 is 31.3 Å². The average molecular weight is 417 g/mol. The molecule has 112 valence electrons. The average Bonchev–Trinajstić information content (AvgIpc) is 2.79. The standard InChI is InChI=1S/C17H22Si.2ClH.Zr/c1-7-18(6,16-12(2)8-9-13(16)3)17-14(4)10-11-15(17)5;;;/h7H,1,8,10H2,2-6H3;2*1H;/q;;;+2/p-2. The molecule has 1 heterocycles. The molecule has 0 N–H and O–H groups in total. The first-order valence-corrected chi connectivity index (χ1v) is 12.1. The van der Waals surface area contributed by atoms with Crippen LogP contribution in [0.1, 0.15) is 40.5 Å². The molecule has 0 aromatic carbocycles. The van der Waals surface area contributed by atoms with E-state index in [1.54, 1.807) is 32.7 Å². The fraction of sp³-hybridized carbons (Fsp3) is 0.412. The van der Waals surface area contributed by atoms with E-state index in [0.717, 1.165) is 0 Å². The van der Waals surface area contributed by atoms with Crippen molar-refractivity contribution in [1.29, 1.82) is 0 Å². The third-order valence-corrected chi connectivity index (χ3v) is 13.8. The van der Waals surface area contributed by atoms with Crippen LogP contribution in [0.2, 0.25) is 6.55 Å². The molecule has 1 aliphatic heterocycles. The third-order valence-electron chi connectivity index (χ3n) is 5.14. The second-order valence-electron chi connectivity index (χ2n) is 6.40. The van der Waals surface area contributed by atoms with Gasteiger partial charge in [0.2, 0.25) is 0 Å². The third kappa shape index (κ3) is 2.61. The van der Waals surface area contributed by atoms with E-state index in [1.165, 1.54) is 12.8 Å². The maximum atomic E-state index is 4.26. The van der Waals surface area contributed by atoms with Gasteiger partial charge in [-0.05, 0) is 0 Å². The van der Waals surface area contributed by atoms with E-state index >= 15 is 0 Å². The van der Waals surface area contributed by atoms with Gasteiger partial charge in [-0.25, -0.2) is 0 Å². The Labute approximate surface area is 153 Å². The Kier molecular flexibility index (Phi) is 5.99. The normalized spacial score (nSPS) is 22.1. The molecule has 21 heavy (non-hydrogen) atoms. The number of fused-ring (bicyclic) bond motifs is 2. The predicted molar refractivity (Wildman–Crippen MR) is 81.8 cm³/mol. The van der Waals surface area contributed by atoms with E-state index in [-0.39, 0.29) is 24.8 Å². The van der Waals surface area contributed by atoms with Crippen molar-refractivity contribution in [2.45, 2.75) is 47.1 Å². The van der Waals surface area contributed by atoms with Gasteiger partial charge >= 0.3 is 130 Å². The Bertz CT molecular complexity index is 587. The maximum Gasteiger partial charge on any atom is -1.00 e. The van der Waals surface area contributed by atoms with Crippen LogP contribution in [0.5, 0.6) is 0 Å². The fourth-order valence-corrected chi connectivity index (χ4v) is 13.6. The first kappa shape index (κ1) is 19.4. The molecule has 4 bridgehead atoms. The van der Waals surface area contributed by atoms with Gasteiger partial charge in [0.15, 0.2) is 0 Å². The van der Waals surface area contributed by atoms with Gasteiger partial charge in [0.25, 0.3) is 0 Å². The van der Waals surface area contributed by atoms with Crippen LogP contribution in [-0.4, -0.2) is 8.07 Å². The quantitative estimate of drug-likeness (QED) is 0.479. The summed E-state index contributed by atoms with van der Waals surface area (Å²) in [7, 11) is -1.69. The first-order chi connectivity index (χ1) is 8.90. The van der Waals surface area contributed by atoms with Crippen LogP contribution in [0.3, 0.4) is 0 Å². The van der Waals surface area contributed by atoms with Crippen LogP contribution >= 0.6 is 0 Å². The van der Waals surface area contributed by atoms with Gasteiger partial charge in [-0.1, -0.05) is 0 Å². The maximum absolute atomic E-state index is 4.26. The zero-order valence-electron chi connectivity index (χ0n) is 13.5. The smallest absolute Gasteiger partial charge is 1.00 e. The number of allylic oxidation sites excluding steroid dienone is 8. The van der Waals surface area contributed by atoms with Crippen LogP contribution in [-0.2, 0) is 23.2 Å². The first-order valence-electron chi connectivity index (χ1n) is 7.11. The molecule has 0 aromatic heterocycles. The summed E-state index contributed by atoms with van der Waals surface area (Å²) in [5.74, 6) is 0. The summed E-state index contributed by atoms with van der Waals surface area (Å²) >= 11 is -0.501. The monoisotopic (exact) mass is 414 g/mol. The van der Waals surface area contributed by atoms with E-state index in [1.807, 2.05) is 6.56 Å². The molecule has 0 fully saturated rings. The summed E-state index contributed by atoms with van der Waals surface area (Å²) in [5, 5.41) is 3.46. The van der Waals surface area contributed by atoms with Gasteiger partial charge in [-0.3, -0.25) is 0 Å². The zero-order valence-corrected chi connectivity index (χ0v) is 18.4. The molecule has 3 aliphatic rings. The summed E-state index contributed by atoms with van der Waals surface area (Å²) in [4.78, 5) is 0. The van der Waals surface area contributed by atoms with Crippen molar-refractivity contribution in [1.82, 2.24) is 0 Å². The van der Waals surface area contributed by atoms with Gasteiger partial charge in [-0.15, -0.1) is 0 Å². The van der Waals surface area contributed by atoms with Crippen LogP contribution in [0.15, 0.2) is 51.5 Å². The molecule has 0 spiro atoms. The number of hydrogen-bond acceptors (Lipinski definition) is 0. The summed E-state index contributed by atoms with van der Waals surface area (Å²) in [6.07, 6.45) is 2.57. The van der Waals surface area contributed by atoms with Crippen molar-refractivity contribution >= 4 is 8.07 Å². The van der Waals surface area contributed by atoms with E-state index in [2.05, 4.69) is 46.5 Å². The Morgan fingerprint density at radius 2 is 1.29 bits per heavy atom. The fourth-order valence-electron chi connectivity index (χ4n) is 4.37. The van der Waals surface area contributed by atoms with Crippen molar-refractivity contribution in [3.8, 4) is 0 Å². The summed E-state index contributed by atoms with van der Waals surface area (Å²) in [5.41, 5.74) is 9.00. The second kappa shape index (κ2) is 6.48. The van der Waals surface area contributed by atoms with Crippen molar-refractivity contribution in [2.24, 2.45) is 0 Å². The molecule has 4 heteroatoms. The second-order valence-corrected chi connectivity index (χ2v) is 13.8. The molecule has 3 rings (SSSR count). The minimum atomic E-state index is -1.69. The molecule has 0 saturated heterocycles. The molecule has 0 unspecified atom stereocenters. The van der Waals surface area contributed by atoms with Gasteiger partial charge in [0.1, 0.15) is 0 Å². The van der Waals surface area contributed by atoms with Crippen molar-refractivity contribution in [2.75, 3.05) is 0 Å². The van der Waals surface area contributed by atoms with Crippen molar-refractivity contribution in [3.63, 3.8) is 0 Å². The predicted octanol–water partition coefficient (Wildman–Crippen LogP) is -1.04. The molecule has 0 aromatic rings. The van der Waals surface area contributed by atoms with Gasteiger partial charge in [-0.2, -0.15) is 0 Å². The molecule has 0 nitrogen and oxygen atoms in total. The molecule has 0 amide bonds. The van der Waals surface area contributed by atoms with Crippen LogP contribution in [0.25, 0.3) is 0 Å². The van der Waals surface area contributed by atoms with Crippen molar-refractivity contribution in [3.05, 3.63) is 51.5 Å². The van der Waals surface area contributed by atoms with E-state index in [9.17, 15) is 0 Å². The number of halogens is 2. The van der Waals surface area contributed by atoms with Gasteiger partial charge in [0, 0.05) is 0 Å². The molecule has 0 radical (unpaired) electrons. The molecule has 2 aliphatic carbocycles. The molecule has 0 saturated carbocycles. The summed E-state index contributed by atoms with van der Waals surface area (Å²) in [6, 6.07) is 0. The van der Waals surface area contributed by atoms with Crippen LogP contribution in [0.4, 0.5) is 0 Å². The van der Waals surface area contributed by atoms with Crippen LogP contribution < -0.4 is 24.8 Å².